The van der Waals surface area contributed by atoms with Crippen molar-refractivity contribution < 1.29 is 9.79 Å². The third kappa shape index (κ3) is 2.27. The molecule has 0 saturated heterocycles. The summed E-state index contributed by atoms with van der Waals surface area (Å²) in [5, 5.41) is 16.3. The molecular weight excluding hydrogens is 284 g/mol. The van der Waals surface area contributed by atoms with Gasteiger partial charge in [0.15, 0.2) is 6.04 Å². The van der Waals surface area contributed by atoms with Crippen molar-refractivity contribution in [2.24, 2.45) is 5.10 Å². The molecule has 0 radical (unpaired) electrons. The maximum atomic E-state index is 12.0. The predicted molar refractivity (Wildman–Crippen MR) is 90.7 cm³/mol. The van der Waals surface area contributed by atoms with Gasteiger partial charge in [-0.3, -0.25) is 0 Å². The lowest BCUT2D eigenvalue weighted by Gasteiger charge is -2.07. The minimum Gasteiger partial charge on any atom is -0.857 e. The highest BCUT2D eigenvalue weighted by atomic mass is 16.3. The van der Waals surface area contributed by atoms with E-state index in [-0.39, 0.29) is 11.9 Å². The number of nitrogens with zero attached hydrogens (tertiary/aromatic N) is 2. The van der Waals surface area contributed by atoms with Gasteiger partial charge in [-0.1, -0.05) is 54.4 Å². The Hall–Kier alpha value is -2.42. The Balaban J connectivity index is 1.93. The second-order valence-electron chi connectivity index (χ2n) is 6.28. The normalized spacial score (nSPS) is 18.8. The van der Waals surface area contributed by atoms with E-state index in [4.69, 9.17) is 0 Å². The highest BCUT2D eigenvalue weighted by molar-refractivity contribution is 6.22. The fourth-order valence-electron chi connectivity index (χ4n) is 3.67. The van der Waals surface area contributed by atoms with E-state index in [2.05, 4.69) is 60.6 Å². The number of unbranched alkanes of at least 4 members (excludes halogenated alkanes) is 1. The summed E-state index contributed by atoms with van der Waals surface area (Å²) in [6.07, 6.45) is 3.81. The molecule has 0 spiro atoms. The van der Waals surface area contributed by atoms with Gasteiger partial charge in [-0.15, -0.1) is 0 Å². The molecule has 2 aliphatic rings. The summed E-state index contributed by atoms with van der Waals surface area (Å²) in [4.78, 5) is 0. The van der Waals surface area contributed by atoms with Crippen molar-refractivity contribution in [1.82, 2.24) is 0 Å². The summed E-state index contributed by atoms with van der Waals surface area (Å²) in [7, 11) is 0. The van der Waals surface area contributed by atoms with Crippen LogP contribution < -0.4 is 5.11 Å². The van der Waals surface area contributed by atoms with Crippen LogP contribution >= 0.6 is 0 Å². The maximum Gasteiger partial charge on any atom is 0.247 e. The molecule has 0 saturated carbocycles. The van der Waals surface area contributed by atoms with Gasteiger partial charge in [0.25, 0.3) is 0 Å². The molecule has 1 aliphatic heterocycles. The van der Waals surface area contributed by atoms with Crippen LogP contribution in [0.25, 0.3) is 11.1 Å². The summed E-state index contributed by atoms with van der Waals surface area (Å²) in [5.74, 6) is 0.000431. The quantitative estimate of drug-likeness (QED) is 0.685. The lowest BCUT2D eigenvalue weighted by molar-refractivity contribution is -0.562. The first-order valence-electron chi connectivity index (χ1n) is 8.39. The molecule has 2 aromatic carbocycles. The molecule has 1 aliphatic carbocycles. The standard InChI is InChI=1S/C20H20N2O/c1-2-3-8-14-13-19(23)21-22(14)20-17-11-6-4-9-15(17)16-10-5-7-12-18(16)20/h4-7,9-12,14H,2-3,8,13H2,1H3. The van der Waals surface area contributed by atoms with Gasteiger partial charge in [-0.2, -0.15) is 0 Å². The third-order valence-electron chi connectivity index (χ3n) is 4.75. The molecule has 0 aromatic heterocycles. The van der Waals surface area contributed by atoms with Crippen LogP contribution in [0.4, 0.5) is 0 Å². The molecule has 1 atom stereocenters. The minimum absolute atomic E-state index is 0.000431. The predicted octanol–water partition coefficient (Wildman–Crippen LogP) is 3.15. The van der Waals surface area contributed by atoms with Crippen LogP contribution in [0.3, 0.4) is 0 Å². The highest BCUT2D eigenvalue weighted by Gasteiger charge is 2.37. The van der Waals surface area contributed by atoms with Crippen LogP contribution in [0.2, 0.25) is 0 Å². The first-order chi connectivity index (χ1) is 11.3. The van der Waals surface area contributed by atoms with Crippen LogP contribution in [0.1, 0.15) is 43.7 Å². The van der Waals surface area contributed by atoms with Gasteiger partial charge < -0.3 is 5.11 Å². The van der Waals surface area contributed by atoms with Gasteiger partial charge in [0.05, 0.1) is 11.1 Å². The average Bonchev–Trinajstić information content (AvgIpc) is 3.10. The fraction of sp³-hybridized carbons (Fsp3) is 0.300. The van der Waals surface area contributed by atoms with Crippen LogP contribution in [0.15, 0.2) is 53.6 Å². The summed E-state index contributed by atoms with van der Waals surface area (Å²) >= 11 is 0. The van der Waals surface area contributed by atoms with Gasteiger partial charge in [0.2, 0.25) is 5.71 Å². The molecule has 3 heteroatoms. The lowest BCUT2D eigenvalue weighted by atomic mass is 10.0. The largest absolute Gasteiger partial charge is 0.857 e. The van der Waals surface area contributed by atoms with E-state index in [0.29, 0.717) is 6.42 Å². The van der Waals surface area contributed by atoms with E-state index >= 15 is 0 Å². The van der Waals surface area contributed by atoms with E-state index in [9.17, 15) is 5.11 Å². The summed E-state index contributed by atoms with van der Waals surface area (Å²) in [6, 6.07) is 17.0. The van der Waals surface area contributed by atoms with Gasteiger partial charge in [0, 0.05) is 18.7 Å². The van der Waals surface area contributed by atoms with Crippen molar-refractivity contribution in [2.45, 2.75) is 38.6 Å². The van der Waals surface area contributed by atoms with E-state index < -0.39 is 0 Å². The summed E-state index contributed by atoms with van der Waals surface area (Å²) in [6.45, 7) is 2.19. The van der Waals surface area contributed by atoms with Crippen LogP contribution in [-0.4, -0.2) is 22.3 Å². The van der Waals surface area contributed by atoms with Crippen molar-refractivity contribution in [2.75, 3.05) is 0 Å². The van der Waals surface area contributed by atoms with Gasteiger partial charge in [-0.25, -0.2) is 0 Å². The molecule has 116 valence electrons. The third-order valence-corrected chi connectivity index (χ3v) is 4.75. The number of hydrogen-bond acceptors (Lipinski definition) is 2. The lowest BCUT2D eigenvalue weighted by Crippen LogP contribution is -2.25. The Morgan fingerprint density at radius 3 is 2.13 bits per heavy atom. The Labute approximate surface area is 136 Å². The summed E-state index contributed by atoms with van der Waals surface area (Å²) in [5.41, 5.74) is 5.95. The number of hydrazone groups is 1. The zero-order chi connectivity index (χ0) is 15.8. The topological polar surface area (TPSA) is 38.4 Å². The first-order valence-corrected chi connectivity index (χ1v) is 8.39. The second kappa shape index (κ2) is 5.65. The zero-order valence-corrected chi connectivity index (χ0v) is 13.3. The van der Waals surface area contributed by atoms with Crippen LogP contribution in [-0.2, 0) is 0 Å². The zero-order valence-electron chi connectivity index (χ0n) is 13.3. The molecule has 1 heterocycles. The highest BCUT2D eigenvalue weighted by Crippen LogP contribution is 2.37. The molecule has 0 N–H and O–H groups in total. The van der Waals surface area contributed by atoms with Crippen molar-refractivity contribution in [3.05, 3.63) is 59.7 Å². The molecule has 1 unspecified atom stereocenters. The molecule has 0 fully saturated rings. The van der Waals surface area contributed by atoms with Gasteiger partial charge in [0.1, 0.15) is 0 Å². The smallest absolute Gasteiger partial charge is 0.247 e. The summed E-state index contributed by atoms with van der Waals surface area (Å²) < 4.78 is 2.00. The van der Waals surface area contributed by atoms with Crippen molar-refractivity contribution >= 4 is 11.6 Å². The fourth-order valence-corrected chi connectivity index (χ4v) is 3.67. The molecule has 0 bridgehead atoms. The number of benzene rings is 2. The van der Waals surface area contributed by atoms with Crippen molar-refractivity contribution in [3.63, 3.8) is 0 Å². The van der Waals surface area contributed by atoms with Gasteiger partial charge in [-0.05, 0) is 34.8 Å². The molecule has 23 heavy (non-hydrogen) atoms. The van der Waals surface area contributed by atoms with E-state index in [1.807, 2.05) is 4.68 Å². The number of fused-ring (bicyclic) bond motifs is 3. The van der Waals surface area contributed by atoms with Crippen molar-refractivity contribution in [1.29, 1.82) is 0 Å². The van der Waals surface area contributed by atoms with Crippen molar-refractivity contribution in [3.8, 4) is 11.1 Å². The average molecular weight is 304 g/mol. The molecule has 3 nitrogen and oxygen atoms in total. The van der Waals surface area contributed by atoms with E-state index in [1.165, 1.54) is 22.3 Å². The van der Waals surface area contributed by atoms with Gasteiger partial charge >= 0.3 is 0 Å². The molecule has 0 amide bonds. The van der Waals surface area contributed by atoms with E-state index in [1.54, 1.807) is 0 Å². The minimum atomic E-state index is 0.000431. The monoisotopic (exact) mass is 304 g/mol. The maximum absolute atomic E-state index is 12.0. The Morgan fingerprint density at radius 2 is 1.57 bits per heavy atom. The molecular formula is C20H20N2O. The number of rotatable bonds is 3. The van der Waals surface area contributed by atoms with Crippen LogP contribution in [0, 0.1) is 0 Å². The van der Waals surface area contributed by atoms with E-state index in [0.717, 1.165) is 25.0 Å². The molecule has 2 aromatic rings. The Bertz CT molecular complexity index is 772. The Morgan fingerprint density at radius 1 is 1.00 bits per heavy atom. The molecule has 4 rings (SSSR count). The second-order valence-corrected chi connectivity index (χ2v) is 6.28. The Kier molecular flexibility index (Phi) is 3.49. The first kappa shape index (κ1) is 14.2. The van der Waals surface area contributed by atoms with Crippen LogP contribution in [0.5, 0.6) is 0 Å². The SMILES string of the molecule is CCCCC1CC([O-])=N[N+]1=C1c2ccccc2-c2ccccc21. The number of hydrogen-bond donors (Lipinski definition) is 0.